The van der Waals surface area contributed by atoms with Crippen LogP contribution in [-0.4, -0.2) is 28.7 Å². The zero-order valence-electron chi connectivity index (χ0n) is 13.6. The summed E-state index contributed by atoms with van der Waals surface area (Å²) in [7, 11) is 1.22. The van der Waals surface area contributed by atoms with Gasteiger partial charge in [0.05, 0.1) is 17.6 Å². The van der Waals surface area contributed by atoms with Gasteiger partial charge in [-0.05, 0) is 46.2 Å². The van der Waals surface area contributed by atoms with E-state index in [0.29, 0.717) is 11.1 Å². The van der Waals surface area contributed by atoms with Crippen LogP contribution in [0.4, 0.5) is 5.69 Å². The van der Waals surface area contributed by atoms with Gasteiger partial charge in [0.15, 0.2) is 11.9 Å². The lowest BCUT2D eigenvalue weighted by Gasteiger charge is -2.27. The third kappa shape index (κ3) is 3.73. The van der Waals surface area contributed by atoms with Crippen LogP contribution in [0.2, 0.25) is 0 Å². The number of carbonyl (C=O) groups excluding carboxylic acids is 1. The summed E-state index contributed by atoms with van der Waals surface area (Å²) < 4.78 is 10.5. The van der Waals surface area contributed by atoms with Crippen LogP contribution in [0.1, 0.15) is 43.6 Å². The van der Waals surface area contributed by atoms with Gasteiger partial charge in [0.2, 0.25) is 0 Å². The summed E-state index contributed by atoms with van der Waals surface area (Å²) in [6.07, 6.45) is -1.11. The number of carbonyl (C=O) groups is 1. The second kappa shape index (κ2) is 6.31. The maximum absolute atomic E-state index is 12.0. The van der Waals surface area contributed by atoms with Crippen LogP contribution < -0.4 is 0 Å². The van der Waals surface area contributed by atoms with E-state index >= 15 is 0 Å². The first-order valence-corrected chi connectivity index (χ1v) is 6.72. The highest BCUT2D eigenvalue weighted by molar-refractivity contribution is 5.78. The highest BCUT2D eigenvalue weighted by Crippen LogP contribution is 2.39. The summed E-state index contributed by atoms with van der Waals surface area (Å²) >= 11 is 0. The molecule has 0 aliphatic heterocycles. The number of aromatic hydroxyl groups is 1. The molecule has 0 aromatic heterocycles. The Morgan fingerprint density at radius 3 is 2.32 bits per heavy atom. The van der Waals surface area contributed by atoms with Crippen LogP contribution in [0.5, 0.6) is 5.75 Å². The average molecular weight is 311 g/mol. The van der Waals surface area contributed by atoms with Gasteiger partial charge in [0, 0.05) is 11.1 Å². The number of aryl methyl sites for hydroxylation is 1. The van der Waals surface area contributed by atoms with E-state index < -0.39 is 34.0 Å². The molecule has 0 spiro atoms. The van der Waals surface area contributed by atoms with Gasteiger partial charge >= 0.3 is 11.7 Å². The minimum atomic E-state index is -1.11. The minimum absolute atomic E-state index is 0.174. The van der Waals surface area contributed by atoms with Gasteiger partial charge in [-0.2, -0.15) is 0 Å². The predicted molar refractivity (Wildman–Crippen MR) is 79.8 cm³/mol. The first-order valence-electron chi connectivity index (χ1n) is 6.72. The van der Waals surface area contributed by atoms with E-state index in [1.807, 2.05) is 0 Å². The molecule has 1 N–H and O–H groups in total. The van der Waals surface area contributed by atoms with E-state index in [0.717, 1.165) is 0 Å². The maximum Gasteiger partial charge on any atom is 0.339 e. The summed E-state index contributed by atoms with van der Waals surface area (Å²) in [4.78, 5) is 22.5. The van der Waals surface area contributed by atoms with Crippen molar-refractivity contribution in [1.29, 1.82) is 0 Å². The molecule has 0 bridgehead atoms. The number of nitro benzene ring substituents is 1. The normalized spacial score (nSPS) is 12.8. The molecule has 0 fully saturated rings. The molecule has 0 aliphatic rings. The van der Waals surface area contributed by atoms with Crippen LogP contribution in [0.25, 0.3) is 0 Å². The Morgan fingerprint density at radius 1 is 1.36 bits per heavy atom. The quantitative estimate of drug-likeness (QED) is 0.521. The minimum Gasteiger partial charge on any atom is -0.502 e. The van der Waals surface area contributed by atoms with E-state index in [9.17, 15) is 20.0 Å². The zero-order chi connectivity index (χ0) is 17.2. The number of phenols is 1. The van der Waals surface area contributed by atoms with Crippen LogP contribution in [-0.2, 0) is 14.3 Å². The lowest BCUT2D eigenvalue weighted by atomic mass is 9.97. The van der Waals surface area contributed by atoms with E-state index in [4.69, 9.17) is 9.47 Å². The van der Waals surface area contributed by atoms with Gasteiger partial charge in [-0.3, -0.25) is 10.1 Å². The van der Waals surface area contributed by atoms with Crippen molar-refractivity contribution in [2.45, 2.75) is 46.3 Å². The molecule has 0 radical (unpaired) electrons. The molecule has 0 aliphatic carbocycles. The van der Waals surface area contributed by atoms with Gasteiger partial charge < -0.3 is 14.6 Å². The Kier molecular flexibility index (Phi) is 5.13. The Bertz CT molecular complexity index is 603. The Morgan fingerprint density at radius 2 is 1.91 bits per heavy atom. The molecule has 0 heterocycles. The van der Waals surface area contributed by atoms with Crippen molar-refractivity contribution >= 4 is 11.7 Å². The molecular formula is C15H21NO6. The lowest BCUT2D eigenvalue weighted by Crippen LogP contribution is -2.28. The molecule has 22 heavy (non-hydrogen) atoms. The van der Waals surface area contributed by atoms with Crippen molar-refractivity contribution in [1.82, 2.24) is 0 Å². The van der Waals surface area contributed by atoms with Crippen molar-refractivity contribution < 1.29 is 24.3 Å². The standard InChI is InChI=1S/C15H21NO6/c1-8-7-10(9(2)11(12(8)17)16(19)20)13(14(18)21-6)22-15(3,4)5/h7,13,17H,1-6H3/t13-/m0/s1. The smallest absolute Gasteiger partial charge is 0.339 e. The second-order valence-corrected chi connectivity index (χ2v) is 6.00. The summed E-state index contributed by atoms with van der Waals surface area (Å²) in [6.45, 7) is 8.28. The fraction of sp³-hybridized carbons (Fsp3) is 0.533. The maximum atomic E-state index is 12.0. The number of rotatable bonds is 4. The number of nitrogens with zero attached hydrogens (tertiary/aromatic N) is 1. The molecule has 122 valence electrons. The second-order valence-electron chi connectivity index (χ2n) is 6.00. The van der Waals surface area contributed by atoms with Gasteiger partial charge in [-0.15, -0.1) is 0 Å². The SMILES string of the molecule is COC(=O)[C@@H](OC(C)(C)C)c1cc(C)c(O)c([N+](=O)[O-])c1C. The number of esters is 1. The number of nitro groups is 1. The fourth-order valence-electron chi connectivity index (χ4n) is 2.11. The Hall–Kier alpha value is -2.15. The van der Waals surface area contributed by atoms with E-state index in [-0.39, 0.29) is 5.56 Å². The summed E-state index contributed by atoms with van der Waals surface area (Å²) in [5, 5.41) is 21.1. The van der Waals surface area contributed by atoms with Crippen LogP contribution in [0.3, 0.4) is 0 Å². The average Bonchev–Trinajstić information content (AvgIpc) is 2.38. The van der Waals surface area contributed by atoms with Gasteiger partial charge in [0.25, 0.3) is 0 Å². The highest BCUT2D eigenvalue weighted by Gasteiger charge is 2.33. The molecular weight excluding hydrogens is 290 g/mol. The summed E-state index contributed by atoms with van der Waals surface area (Å²) in [5.74, 6) is -1.07. The Labute approximate surface area is 129 Å². The first kappa shape index (κ1) is 17.9. The highest BCUT2D eigenvalue weighted by atomic mass is 16.6. The fourth-order valence-corrected chi connectivity index (χ4v) is 2.11. The molecule has 1 atom stereocenters. The molecule has 0 saturated heterocycles. The molecule has 7 nitrogen and oxygen atoms in total. The summed E-state index contributed by atoms with van der Waals surface area (Å²) in [5.41, 5.74) is -0.317. The predicted octanol–water partition coefficient (Wildman–Crippen LogP) is 2.95. The van der Waals surface area contributed by atoms with Crippen molar-refractivity contribution in [2.75, 3.05) is 7.11 Å². The number of phenolic OH excluding ortho intramolecular Hbond substituents is 1. The largest absolute Gasteiger partial charge is 0.502 e. The number of methoxy groups -OCH3 is 1. The monoisotopic (exact) mass is 311 g/mol. The van der Waals surface area contributed by atoms with Gasteiger partial charge in [0.1, 0.15) is 0 Å². The van der Waals surface area contributed by atoms with Crippen molar-refractivity contribution in [3.63, 3.8) is 0 Å². The number of ether oxygens (including phenoxy) is 2. The first-order chi connectivity index (χ1) is 9.99. The molecule has 0 amide bonds. The molecule has 1 rings (SSSR count). The van der Waals surface area contributed by atoms with Crippen LogP contribution in [0.15, 0.2) is 6.07 Å². The molecule has 0 unspecified atom stereocenters. The zero-order valence-corrected chi connectivity index (χ0v) is 13.6. The lowest BCUT2D eigenvalue weighted by molar-refractivity contribution is -0.386. The molecule has 7 heteroatoms. The number of hydrogen-bond acceptors (Lipinski definition) is 6. The molecule has 0 saturated carbocycles. The summed E-state index contributed by atoms with van der Waals surface area (Å²) in [6, 6.07) is 1.50. The van der Waals surface area contributed by atoms with Crippen LogP contribution >= 0.6 is 0 Å². The topological polar surface area (TPSA) is 98.9 Å². The van der Waals surface area contributed by atoms with Crippen LogP contribution in [0, 0.1) is 24.0 Å². The third-order valence-electron chi connectivity index (χ3n) is 3.11. The Balaban J connectivity index is 3.55. The van der Waals surface area contributed by atoms with E-state index in [1.54, 1.807) is 20.8 Å². The van der Waals surface area contributed by atoms with Gasteiger partial charge in [-0.25, -0.2) is 4.79 Å². The molecule has 1 aromatic rings. The van der Waals surface area contributed by atoms with Crippen molar-refractivity contribution in [3.05, 3.63) is 32.9 Å². The van der Waals surface area contributed by atoms with E-state index in [2.05, 4.69) is 0 Å². The van der Waals surface area contributed by atoms with Crippen molar-refractivity contribution in [3.8, 4) is 5.75 Å². The van der Waals surface area contributed by atoms with E-state index in [1.165, 1.54) is 27.0 Å². The number of benzene rings is 1. The third-order valence-corrected chi connectivity index (χ3v) is 3.11. The number of hydrogen-bond donors (Lipinski definition) is 1. The van der Waals surface area contributed by atoms with Crippen molar-refractivity contribution in [2.24, 2.45) is 0 Å². The van der Waals surface area contributed by atoms with Gasteiger partial charge in [-0.1, -0.05) is 0 Å². The molecule has 1 aromatic carbocycles.